The molecule has 0 fully saturated rings. The predicted molar refractivity (Wildman–Crippen MR) is 60.5 cm³/mol. The summed E-state index contributed by atoms with van der Waals surface area (Å²) in [6.45, 7) is 0.670. The highest BCUT2D eigenvalue weighted by atomic mass is 35.5. The van der Waals surface area contributed by atoms with Crippen molar-refractivity contribution in [3.63, 3.8) is 0 Å². The van der Waals surface area contributed by atoms with Gasteiger partial charge in [0, 0.05) is 30.6 Å². The monoisotopic (exact) mass is 221 g/mol. The van der Waals surface area contributed by atoms with Crippen molar-refractivity contribution < 1.29 is 0 Å². The second-order valence-electron chi connectivity index (χ2n) is 3.29. The summed E-state index contributed by atoms with van der Waals surface area (Å²) in [6.07, 6.45) is 6.47. The summed E-state index contributed by atoms with van der Waals surface area (Å²) < 4.78 is 0. The Bertz CT molecular complexity index is 381. The molecule has 1 N–H and O–H groups in total. The van der Waals surface area contributed by atoms with Crippen LogP contribution >= 0.6 is 12.4 Å². The minimum atomic E-state index is 0. The van der Waals surface area contributed by atoms with Crippen molar-refractivity contribution in [3.05, 3.63) is 41.7 Å². The van der Waals surface area contributed by atoms with Crippen molar-refractivity contribution in [3.8, 4) is 6.07 Å². The van der Waals surface area contributed by atoms with Crippen LogP contribution in [0.25, 0.3) is 0 Å². The van der Waals surface area contributed by atoms with E-state index in [9.17, 15) is 0 Å². The molecule has 1 atom stereocenters. The number of nitrogens with one attached hydrogen (secondary N) is 1. The van der Waals surface area contributed by atoms with Crippen molar-refractivity contribution >= 4 is 12.4 Å². The fourth-order valence-corrected chi connectivity index (χ4v) is 1.58. The number of nitrogens with zero attached hydrogens (tertiary/aromatic N) is 2. The fraction of sp³-hybridized carbons (Fsp3) is 0.273. The van der Waals surface area contributed by atoms with Crippen molar-refractivity contribution in [1.29, 1.82) is 5.26 Å². The van der Waals surface area contributed by atoms with Gasteiger partial charge in [0.15, 0.2) is 0 Å². The molecule has 1 unspecified atom stereocenters. The zero-order valence-electron chi connectivity index (χ0n) is 8.18. The molecule has 0 saturated carbocycles. The third-order valence-corrected chi connectivity index (χ3v) is 2.39. The number of nitriles is 1. The van der Waals surface area contributed by atoms with E-state index in [-0.39, 0.29) is 12.4 Å². The standard InChI is InChI=1S/C11H11N3.ClH/c12-7-9-1-2-11(14-8-9)10-3-5-13-6-4-10;/h1,3-6,11,14H,2,8H2;1H. The zero-order valence-corrected chi connectivity index (χ0v) is 9.00. The number of hydrogen-bond donors (Lipinski definition) is 1. The Morgan fingerprint density at radius 1 is 1.40 bits per heavy atom. The lowest BCUT2D eigenvalue weighted by Crippen LogP contribution is -2.26. The van der Waals surface area contributed by atoms with Crippen LogP contribution in [0, 0.1) is 11.3 Å². The molecule has 0 saturated heterocycles. The molecule has 1 aromatic heterocycles. The number of rotatable bonds is 1. The first-order chi connectivity index (χ1) is 6.90. The normalized spacial score (nSPS) is 19.7. The number of pyridine rings is 1. The molecule has 3 nitrogen and oxygen atoms in total. The van der Waals surface area contributed by atoms with Gasteiger partial charge in [-0.1, -0.05) is 6.08 Å². The summed E-state index contributed by atoms with van der Waals surface area (Å²) in [6, 6.07) is 6.50. The topological polar surface area (TPSA) is 48.7 Å². The molecule has 0 aliphatic carbocycles. The van der Waals surface area contributed by atoms with Gasteiger partial charge in [0.25, 0.3) is 0 Å². The van der Waals surface area contributed by atoms with Gasteiger partial charge in [0.1, 0.15) is 0 Å². The molecule has 0 amide bonds. The SMILES string of the molecule is Cl.N#CC1=CCC(c2ccncc2)NC1. The lowest BCUT2D eigenvalue weighted by molar-refractivity contribution is 0.546. The first-order valence-corrected chi connectivity index (χ1v) is 4.62. The Morgan fingerprint density at radius 3 is 2.67 bits per heavy atom. The molecule has 78 valence electrons. The highest BCUT2D eigenvalue weighted by Gasteiger charge is 2.14. The van der Waals surface area contributed by atoms with Gasteiger partial charge in [-0.15, -0.1) is 12.4 Å². The molecule has 4 heteroatoms. The van der Waals surface area contributed by atoms with Crippen LogP contribution in [0.4, 0.5) is 0 Å². The first kappa shape index (κ1) is 11.7. The van der Waals surface area contributed by atoms with Crippen LogP contribution in [0.15, 0.2) is 36.2 Å². The molecule has 1 aliphatic rings. The molecule has 0 bridgehead atoms. The molecule has 15 heavy (non-hydrogen) atoms. The summed E-state index contributed by atoms with van der Waals surface area (Å²) in [7, 11) is 0. The highest BCUT2D eigenvalue weighted by molar-refractivity contribution is 5.85. The Balaban J connectivity index is 0.00000112. The van der Waals surface area contributed by atoms with Crippen molar-refractivity contribution in [2.75, 3.05) is 6.54 Å². The van der Waals surface area contributed by atoms with Crippen LogP contribution in [0.5, 0.6) is 0 Å². The molecule has 0 spiro atoms. The third-order valence-electron chi connectivity index (χ3n) is 2.39. The van der Waals surface area contributed by atoms with Crippen molar-refractivity contribution in [2.45, 2.75) is 12.5 Å². The average Bonchev–Trinajstić information content (AvgIpc) is 2.30. The van der Waals surface area contributed by atoms with Gasteiger partial charge < -0.3 is 5.32 Å². The maximum Gasteiger partial charge on any atom is 0.0957 e. The molecule has 2 heterocycles. The second-order valence-corrected chi connectivity index (χ2v) is 3.29. The van der Waals surface area contributed by atoms with E-state index in [4.69, 9.17) is 5.26 Å². The lowest BCUT2D eigenvalue weighted by Gasteiger charge is -2.21. The summed E-state index contributed by atoms with van der Waals surface area (Å²) in [5.74, 6) is 0. The predicted octanol–water partition coefficient (Wildman–Crippen LogP) is 1.99. The van der Waals surface area contributed by atoms with Gasteiger partial charge in [-0.25, -0.2) is 0 Å². The zero-order chi connectivity index (χ0) is 9.80. The van der Waals surface area contributed by atoms with Gasteiger partial charge in [-0.2, -0.15) is 5.26 Å². The van der Waals surface area contributed by atoms with Crippen LogP contribution in [-0.2, 0) is 0 Å². The van der Waals surface area contributed by atoms with Crippen LogP contribution in [-0.4, -0.2) is 11.5 Å². The quantitative estimate of drug-likeness (QED) is 0.789. The lowest BCUT2D eigenvalue weighted by atomic mass is 10.00. The van der Waals surface area contributed by atoms with E-state index in [0.717, 1.165) is 12.0 Å². The Morgan fingerprint density at radius 2 is 2.13 bits per heavy atom. The Hall–Kier alpha value is -1.37. The highest BCUT2D eigenvalue weighted by Crippen LogP contribution is 2.20. The molecular formula is C11H12ClN3. The first-order valence-electron chi connectivity index (χ1n) is 4.62. The summed E-state index contributed by atoms with van der Waals surface area (Å²) in [5.41, 5.74) is 2.06. The van der Waals surface area contributed by atoms with E-state index in [1.807, 2.05) is 18.2 Å². The van der Waals surface area contributed by atoms with Crippen LogP contribution < -0.4 is 5.32 Å². The molecule has 0 radical (unpaired) electrons. The molecule has 1 aromatic rings. The van der Waals surface area contributed by atoms with Crippen LogP contribution in [0.3, 0.4) is 0 Å². The summed E-state index contributed by atoms with van der Waals surface area (Å²) in [4.78, 5) is 3.98. The van der Waals surface area contributed by atoms with Crippen molar-refractivity contribution in [1.82, 2.24) is 10.3 Å². The minimum Gasteiger partial charge on any atom is -0.305 e. The van der Waals surface area contributed by atoms with E-state index < -0.39 is 0 Å². The van der Waals surface area contributed by atoms with Crippen LogP contribution in [0.1, 0.15) is 18.0 Å². The van der Waals surface area contributed by atoms with Crippen molar-refractivity contribution in [2.24, 2.45) is 0 Å². The second kappa shape index (κ2) is 5.50. The average molecular weight is 222 g/mol. The smallest absolute Gasteiger partial charge is 0.0957 e. The largest absolute Gasteiger partial charge is 0.305 e. The van der Waals surface area contributed by atoms with E-state index in [1.165, 1.54) is 5.56 Å². The van der Waals surface area contributed by atoms with E-state index in [2.05, 4.69) is 16.4 Å². The van der Waals surface area contributed by atoms with E-state index in [0.29, 0.717) is 12.6 Å². The van der Waals surface area contributed by atoms with Gasteiger partial charge in [0.05, 0.1) is 6.07 Å². The maximum atomic E-state index is 8.68. The molecule has 2 rings (SSSR count). The van der Waals surface area contributed by atoms with Gasteiger partial charge in [-0.05, 0) is 24.1 Å². The van der Waals surface area contributed by atoms with E-state index >= 15 is 0 Å². The maximum absolute atomic E-state index is 8.68. The molecule has 1 aliphatic heterocycles. The number of halogens is 1. The van der Waals surface area contributed by atoms with Gasteiger partial charge in [-0.3, -0.25) is 4.98 Å². The number of hydrogen-bond acceptors (Lipinski definition) is 3. The van der Waals surface area contributed by atoms with Gasteiger partial charge in [0.2, 0.25) is 0 Å². The summed E-state index contributed by atoms with van der Waals surface area (Å²) in [5, 5.41) is 12.0. The number of aromatic nitrogens is 1. The Labute approximate surface area is 95.2 Å². The minimum absolute atomic E-state index is 0. The van der Waals surface area contributed by atoms with E-state index in [1.54, 1.807) is 12.4 Å². The Kier molecular flexibility index (Phi) is 4.29. The van der Waals surface area contributed by atoms with Gasteiger partial charge >= 0.3 is 0 Å². The summed E-state index contributed by atoms with van der Waals surface area (Å²) >= 11 is 0. The van der Waals surface area contributed by atoms with Crippen LogP contribution in [0.2, 0.25) is 0 Å². The fourth-order valence-electron chi connectivity index (χ4n) is 1.58. The molecular weight excluding hydrogens is 210 g/mol. The molecule has 0 aromatic carbocycles. The third kappa shape index (κ3) is 2.79.